The van der Waals surface area contributed by atoms with Crippen molar-refractivity contribution in [3.8, 4) is 0 Å². The molecule has 17 heavy (non-hydrogen) atoms. The minimum Gasteiger partial charge on any atom is -0.316 e. The number of hydrogen-bond acceptors (Lipinski definition) is 4. The molecule has 0 amide bonds. The molecular weight excluding hydrogens is 230 g/mol. The van der Waals surface area contributed by atoms with E-state index in [1.807, 2.05) is 42.2 Å². The van der Waals surface area contributed by atoms with Crippen molar-refractivity contribution in [2.75, 3.05) is 18.8 Å². The first kappa shape index (κ1) is 11.0. The Bertz CT molecular complexity index is 509. The van der Waals surface area contributed by atoms with Crippen LogP contribution in [0.2, 0.25) is 0 Å². The predicted octanol–water partition coefficient (Wildman–Crippen LogP) is 2.33. The molecule has 0 bridgehead atoms. The third-order valence-electron chi connectivity index (χ3n) is 3.06. The second-order valence-corrected chi connectivity index (χ2v) is 5.41. The summed E-state index contributed by atoms with van der Waals surface area (Å²) >= 11 is 1.82. The van der Waals surface area contributed by atoms with Crippen molar-refractivity contribution < 1.29 is 0 Å². The van der Waals surface area contributed by atoms with E-state index in [0.29, 0.717) is 0 Å². The lowest BCUT2D eigenvalue weighted by Crippen LogP contribution is -2.10. The Hall–Kier alpha value is -1.13. The topological polar surface area (TPSA) is 37.8 Å². The SMILES string of the molecule is c1ccc2nc(SC[C@H]3CCNC3)cnc2c1. The molecular formula is C13H15N3S. The summed E-state index contributed by atoms with van der Waals surface area (Å²) in [7, 11) is 0. The summed E-state index contributed by atoms with van der Waals surface area (Å²) in [4.78, 5) is 9.04. The molecule has 1 saturated heterocycles. The smallest absolute Gasteiger partial charge is 0.115 e. The van der Waals surface area contributed by atoms with Crippen LogP contribution in [-0.4, -0.2) is 28.8 Å². The molecule has 88 valence electrons. The average Bonchev–Trinajstić information content (AvgIpc) is 2.89. The van der Waals surface area contributed by atoms with Crippen molar-refractivity contribution in [2.24, 2.45) is 5.92 Å². The minimum absolute atomic E-state index is 0.785. The molecule has 3 nitrogen and oxygen atoms in total. The molecule has 3 rings (SSSR count). The molecule has 0 spiro atoms. The third kappa shape index (κ3) is 2.58. The van der Waals surface area contributed by atoms with Gasteiger partial charge >= 0.3 is 0 Å². The fraction of sp³-hybridized carbons (Fsp3) is 0.385. The first-order valence-electron chi connectivity index (χ1n) is 5.97. The van der Waals surface area contributed by atoms with Crippen LogP contribution in [0.25, 0.3) is 11.0 Å². The van der Waals surface area contributed by atoms with E-state index in [-0.39, 0.29) is 0 Å². The van der Waals surface area contributed by atoms with Crippen LogP contribution in [0.4, 0.5) is 0 Å². The van der Waals surface area contributed by atoms with E-state index >= 15 is 0 Å². The number of benzene rings is 1. The highest BCUT2D eigenvalue weighted by molar-refractivity contribution is 7.99. The van der Waals surface area contributed by atoms with Crippen LogP contribution in [0.5, 0.6) is 0 Å². The van der Waals surface area contributed by atoms with Crippen molar-refractivity contribution in [1.82, 2.24) is 15.3 Å². The summed E-state index contributed by atoms with van der Waals surface area (Å²) in [5.41, 5.74) is 1.96. The summed E-state index contributed by atoms with van der Waals surface area (Å²) in [6.45, 7) is 2.31. The van der Waals surface area contributed by atoms with Crippen molar-refractivity contribution >= 4 is 22.8 Å². The van der Waals surface area contributed by atoms with E-state index in [9.17, 15) is 0 Å². The maximum atomic E-state index is 4.62. The van der Waals surface area contributed by atoms with Gasteiger partial charge in [-0.2, -0.15) is 0 Å². The van der Waals surface area contributed by atoms with Crippen LogP contribution < -0.4 is 5.32 Å². The number of rotatable bonds is 3. The maximum absolute atomic E-state index is 4.62. The number of fused-ring (bicyclic) bond motifs is 1. The molecule has 2 heterocycles. The summed E-state index contributed by atoms with van der Waals surface area (Å²) < 4.78 is 0. The normalized spacial score (nSPS) is 19.9. The fourth-order valence-corrected chi connectivity index (χ4v) is 3.05. The van der Waals surface area contributed by atoms with Gasteiger partial charge in [-0.3, -0.25) is 4.98 Å². The molecule has 0 radical (unpaired) electrons. The van der Waals surface area contributed by atoms with Gasteiger partial charge in [0.2, 0.25) is 0 Å². The van der Waals surface area contributed by atoms with Gasteiger partial charge in [-0.1, -0.05) is 12.1 Å². The van der Waals surface area contributed by atoms with Gasteiger partial charge in [0.15, 0.2) is 0 Å². The Morgan fingerprint density at radius 3 is 3.00 bits per heavy atom. The summed E-state index contributed by atoms with van der Waals surface area (Å²) in [5, 5.41) is 4.43. The quantitative estimate of drug-likeness (QED) is 0.842. The largest absolute Gasteiger partial charge is 0.316 e. The molecule has 0 unspecified atom stereocenters. The lowest BCUT2D eigenvalue weighted by molar-refractivity contribution is 0.662. The molecule has 1 aromatic carbocycles. The standard InChI is InChI=1S/C13H15N3S/c1-2-4-12-11(3-1)15-8-13(16-12)17-9-10-5-6-14-7-10/h1-4,8,10,14H,5-7,9H2/t10-/m0/s1. The second-order valence-electron chi connectivity index (χ2n) is 4.37. The molecule has 1 atom stereocenters. The number of aromatic nitrogens is 2. The fourth-order valence-electron chi connectivity index (χ4n) is 2.07. The molecule has 1 aliphatic rings. The van der Waals surface area contributed by atoms with Gasteiger partial charge in [-0.05, 0) is 37.6 Å². The van der Waals surface area contributed by atoms with E-state index in [1.165, 1.54) is 6.42 Å². The number of thioether (sulfide) groups is 1. The summed E-state index contributed by atoms with van der Waals surface area (Å²) in [6, 6.07) is 8.02. The zero-order valence-corrected chi connectivity index (χ0v) is 10.4. The van der Waals surface area contributed by atoms with E-state index in [4.69, 9.17) is 0 Å². The molecule has 4 heteroatoms. The van der Waals surface area contributed by atoms with Crippen molar-refractivity contribution in [3.05, 3.63) is 30.5 Å². The highest BCUT2D eigenvalue weighted by atomic mass is 32.2. The average molecular weight is 245 g/mol. The van der Waals surface area contributed by atoms with Crippen LogP contribution in [-0.2, 0) is 0 Å². The van der Waals surface area contributed by atoms with Crippen molar-refractivity contribution in [3.63, 3.8) is 0 Å². The number of para-hydroxylation sites is 2. The summed E-state index contributed by atoms with van der Waals surface area (Å²) in [6.07, 6.45) is 3.17. The second kappa shape index (κ2) is 5.02. The molecule has 0 aliphatic carbocycles. The number of hydrogen-bond donors (Lipinski definition) is 1. The number of nitrogens with zero attached hydrogens (tertiary/aromatic N) is 2. The Balaban J connectivity index is 1.72. The molecule has 1 fully saturated rings. The predicted molar refractivity (Wildman–Crippen MR) is 71.2 cm³/mol. The zero-order chi connectivity index (χ0) is 11.5. The monoisotopic (exact) mass is 245 g/mol. The van der Waals surface area contributed by atoms with Gasteiger partial charge in [0.1, 0.15) is 5.03 Å². The van der Waals surface area contributed by atoms with Gasteiger partial charge < -0.3 is 5.32 Å². The van der Waals surface area contributed by atoms with Crippen LogP contribution in [0, 0.1) is 5.92 Å². The molecule has 2 aromatic rings. The molecule has 0 saturated carbocycles. The van der Waals surface area contributed by atoms with Crippen LogP contribution in [0.3, 0.4) is 0 Å². The van der Waals surface area contributed by atoms with Crippen molar-refractivity contribution in [1.29, 1.82) is 0 Å². The van der Waals surface area contributed by atoms with E-state index < -0.39 is 0 Å². The third-order valence-corrected chi connectivity index (χ3v) is 4.19. The van der Waals surface area contributed by atoms with Gasteiger partial charge in [-0.15, -0.1) is 11.8 Å². The van der Waals surface area contributed by atoms with Gasteiger partial charge in [0.05, 0.1) is 17.2 Å². The van der Waals surface area contributed by atoms with E-state index in [2.05, 4.69) is 15.3 Å². The lowest BCUT2D eigenvalue weighted by Gasteiger charge is -2.07. The van der Waals surface area contributed by atoms with Crippen LogP contribution in [0.1, 0.15) is 6.42 Å². The van der Waals surface area contributed by atoms with E-state index in [1.54, 1.807) is 0 Å². The van der Waals surface area contributed by atoms with Crippen LogP contribution in [0.15, 0.2) is 35.5 Å². The van der Waals surface area contributed by atoms with Crippen LogP contribution >= 0.6 is 11.8 Å². The van der Waals surface area contributed by atoms with E-state index in [0.717, 1.165) is 40.8 Å². The van der Waals surface area contributed by atoms with Gasteiger partial charge in [-0.25, -0.2) is 4.98 Å². The molecule has 1 aromatic heterocycles. The Morgan fingerprint density at radius 1 is 1.29 bits per heavy atom. The Labute approximate surface area is 105 Å². The highest BCUT2D eigenvalue weighted by Gasteiger charge is 2.14. The van der Waals surface area contributed by atoms with Gasteiger partial charge in [0, 0.05) is 5.75 Å². The van der Waals surface area contributed by atoms with Gasteiger partial charge in [0.25, 0.3) is 0 Å². The number of nitrogens with one attached hydrogen (secondary N) is 1. The highest BCUT2D eigenvalue weighted by Crippen LogP contribution is 2.22. The minimum atomic E-state index is 0.785. The lowest BCUT2D eigenvalue weighted by atomic mass is 10.2. The van der Waals surface area contributed by atoms with Crippen molar-refractivity contribution in [2.45, 2.75) is 11.4 Å². The Morgan fingerprint density at radius 2 is 2.18 bits per heavy atom. The zero-order valence-electron chi connectivity index (χ0n) is 9.60. The maximum Gasteiger partial charge on any atom is 0.115 e. The Kier molecular flexibility index (Phi) is 3.25. The molecule has 1 aliphatic heterocycles. The first-order valence-corrected chi connectivity index (χ1v) is 6.96. The summed E-state index contributed by atoms with van der Waals surface area (Å²) in [5.74, 6) is 1.92. The molecule has 1 N–H and O–H groups in total. The first-order chi connectivity index (χ1) is 8.42.